The number of rotatable bonds is 2. The summed E-state index contributed by atoms with van der Waals surface area (Å²) in [6.45, 7) is 10.9. The molecule has 0 unspecified atom stereocenters. The molecule has 0 aliphatic carbocycles. The molecule has 1 aromatic rings. The Balaban J connectivity index is 0.00000110. The van der Waals surface area contributed by atoms with Crippen molar-refractivity contribution < 1.29 is 19.2 Å². The van der Waals surface area contributed by atoms with Crippen molar-refractivity contribution in [2.75, 3.05) is 28.2 Å². The van der Waals surface area contributed by atoms with Gasteiger partial charge in [-0.25, -0.2) is 0 Å². The molecule has 0 heterocycles. The van der Waals surface area contributed by atoms with Gasteiger partial charge in [-0.15, -0.1) is 0 Å². The van der Waals surface area contributed by atoms with Crippen LogP contribution in [0, 0.1) is 0 Å². The number of amides is 2. The lowest BCUT2D eigenvalue weighted by atomic mass is 10.0. The van der Waals surface area contributed by atoms with Crippen LogP contribution in [0.3, 0.4) is 0 Å². The van der Waals surface area contributed by atoms with Gasteiger partial charge in [-0.1, -0.05) is 23.9 Å². The molecule has 2 N–H and O–H groups in total. The normalized spacial score (nSPS) is 11.9. The van der Waals surface area contributed by atoms with Crippen LogP contribution in [-0.2, 0) is 0 Å². The molecule has 0 bridgehead atoms. The lowest BCUT2D eigenvalue weighted by Crippen LogP contribution is -2.42. The lowest BCUT2D eigenvalue weighted by Gasteiger charge is -2.25. The van der Waals surface area contributed by atoms with Gasteiger partial charge in [0.2, 0.25) is 0 Å². The number of nitrogens with zero attached hydrogens (tertiary/aromatic N) is 1. The van der Waals surface area contributed by atoms with Crippen LogP contribution in [0.1, 0.15) is 62.3 Å². The number of hydrogen-bond donors (Lipinski definition) is 2. The monoisotopic (exact) mass is 365 g/mol. The Bertz CT molecular complexity index is 581. The molecule has 0 aromatic heterocycles. The fraction of sp³-hybridized carbons (Fsp3) is 0.600. The van der Waals surface area contributed by atoms with Gasteiger partial charge in [-0.2, -0.15) is 0 Å². The maximum absolute atomic E-state index is 12.3. The highest BCUT2D eigenvalue weighted by Gasteiger charge is 2.20. The molecule has 6 heteroatoms. The number of hydrogen-bond acceptors (Lipinski definition) is 3. The van der Waals surface area contributed by atoms with E-state index in [2.05, 4.69) is 38.8 Å². The Hall–Kier alpha value is -2.08. The summed E-state index contributed by atoms with van der Waals surface area (Å²) in [7, 11) is 8.50. The average Bonchev–Trinajstić information content (AvgIpc) is 2.32. The highest BCUT2D eigenvalue weighted by atomic mass is 16.3. The average molecular weight is 366 g/mol. The Kier molecular flexibility index (Phi) is 7.85. The van der Waals surface area contributed by atoms with Crippen molar-refractivity contribution in [3.8, 4) is 5.75 Å². The third-order valence-electron chi connectivity index (χ3n) is 2.48. The predicted octanol–water partition coefficient (Wildman–Crippen LogP) is 2.14. The number of carbonyl (C=O) groups excluding carboxylic acids is 2. The van der Waals surface area contributed by atoms with Crippen LogP contribution >= 0.6 is 0 Å². The summed E-state index contributed by atoms with van der Waals surface area (Å²) in [4.78, 5) is 24.2. The Morgan fingerprint density at radius 3 is 1.31 bits per heavy atom. The quantitative estimate of drug-likeness (QED) is 0.788. The van der Waals surface area contributed by atoms with Crippen LogP contribution < -0.4 is 15.7 Å². The molecular formula is C20H35N3O3. The minimum Gasteiger partial charge on any atom is -0.871 e. The van der Waals surface area contributed by atoms with Crippen LogP contribution in [0.4, 0.5) is 0 Å². The van der Waals surface area contributed by atoms with Gasteiger partial charge in [-0.3, -0.25) is 9.59 Å². The van der Waals surface area contributed by atoms with Crippen molar-refractivity contribution in [2.45, 2.75) is 52.6 Å². The first-order valence-corrected chi connectivity index (χ1v) is 8.65. The Labute approximate surface area is 158 Å². The highest BCUT2D eigenvalue weighted by Crippen LogP contribution is 2.21. The maximum atomic E-state index is 12.3. The number of para-hydroxylation sites is 1. The van der Waals surface area contributed by atoms with E-state index in [0.29, 0.717) is 0 Å². The van der Waals surface area contributed by atoms with Crippen molar-refractivity contribution in [3.63, 3.8) is 0 Å². The van der Waals surface area contributed by atoms with Gasteiger partial charge in [0.1, 0.15) is 0 Å². The third kappa shape index (κ3) is 10.7. The van der Waals surface area contributed by atoms with Crippen LogP contribution in [0.5, 0.6) is 5.75 Å². The molecule has 0 aliphatic rings. The molecule has 148 valence electrons. The zero-order valence-corrected chi connectivity index (χ0v) is 17.9. The van der Waals surface area contributed by atoms with Crippen LogP contribution in [-0.4, -0.2) is 55.6 Å². The Morgan fingerprint density at radius 2 is 1.08 bits per heavy atom. The summed E-state index contributed by atoms with van der Waals surface area (Å²) in [6, 6.07) is 4.39. The first-order valence-electron chi connectivity index (χ1n) is 8.65. The molecule has 26 heavy (non-hydrogen) atoms. The molecule has 0 fully saturated rings. The van der Waals surface area contributed by atoms with Gasteiger partial charge < -0.3 is 20.2 Å². The van der Waals surface area contributed by atoms with Gasteiger partial charge in [0.25, 0.3) is 11.8 Å². The van der Waals surface area contributed by atoms with E-state index in [1.165, 1.54) is 18.2 Å². The molecule has 1 rings (SSSR count). The summed E-state index contributed by atoms with van der Waals surface area (Å²) in [5, 5.41) is 17.7. The van der Waals surface area contributed by atoms with Gasteiger partial charge in [0.05, 0.1) is 28.2 Å². The van der Waals surface area contributed by atoms with E-state index in [1.807, 2.05) is 41.5 Å². The summed E-state index contributed by atoms with van der Waals surface area (Å²) >= 11 is 0. The van der Waals surface area contributed by atoms with Crippen LogP contribution in [0.2, 0.25) is 0 Å². The first kappa shape index (κ1) is 23.9. The topological polar surface area (TPSA) is 81.3 Å². The molecule has 0 saturated carbocycles. The molecule has 0 aliphatic heterocycles. The van der Waals surface area contributed by atoms with E-state index < -0.39 is 28.6 Å². The molecule has 1 aromatic carbocycles. The molecule has 0 radical (unpaired) electrons. The van der Waals surface area contributed by atoms with Gasteiger partial charge in [0, 0.05) is 22.2 Å². The number of nitrogens with one attached hydrogen (secondary N) is 2. The molecule has 6 nitrogen and oxygen atoms in total. The van der Waals surface area contributed by atoms with Crippen molar-refractivity contribution in [3.05, 3.63) is 29.3 Å². The Morgan fingerprint density at radius 1 is 0.808 bits per heavy atom. The molecule has 0 atom stereocenters. The van der Waals surface area contributed by atoms with Gasteiger partial charge in [-0.05, 0) is 41.5 Å². The van der Waals surface area contributed by atoms with Gasteiger partial charge in [0.15, 0.2) is 0 Å². The zero-order valence-electron chi connectivity index (χ0n) is 17.9. The molecule has 0 spiro atoms. The maximum Gasteiger partial charge on any atom is 0.251 e. The number of carbonyl (C=O) groups is 2. The van der Waals surface area contributed by atoms with Crippen molar-refractivity contribution in [1.82, 2.24) is 10.6 Å². The highest BCUT2D eigenvalue weighted by molar-refractivity contribution is 6.04. The van der Waals surface area contributed by atoms with Crippen molar-refractivity contribution in [2.24, 2.45) is 0 Å². The second-order valence-corrected chi connectivity index (χ2v) is 9.77. The zero-order chi connectivity index (χ0) is 20.9. The van der Waals surface area contributed by atoms with E-state index >= 15 is 0 Å². The van der Waals surface area contributed by atoms with E-state index in [9.17, 15) is 14.7 Å². The summed E-state index contributed by atoms with van der Waals surface area (Å²) in [6.07, 6.45) is 0. The molecule has 2 amide bonds. The third-order valence-corrected chi connectivity index (χ3v) is 2.48. The van der Waals surface area contributed by atoms with Crippen molar-refractivity contribution in [1.29, 1.82) is 0 Å². The SMILES string of the molecule is CC(C)(C)NC(=O)c1cccc(C(=O)NC(C)(C)C)c1[O-].C[N+](C)(C)C. The second-order valence-electron chi connectivity index (χ2n) is 9.77. The molecule has 0 saturated heterocycles. The first-order chi connectivity index (χ1) is 11.4. The van der Waals surface area contributed by atoms with Gasteiger partial charge >= 0.3 is 0 Å². The van der Waals surface area contributed by atoms with E-state index in [0.717, 1.165) is 4.48 Å². The second kappa shape index (κ2) is 8.54. The predicted molar refractivity (Wildman–Crippen MR) is 104 cm³/mol. The number of benzene rings is 1. The number of quaternary nitrogens is 1. The summed E-state index contributed by atoms with van der Waals surface area (Å²) < 4.78 is 1.00. The minimum atomic E-state index is -0.555. The summed E-state index contributed by atoms with van der Waals surface area (Å²) in [5.74, 6) is -1.50. The van der Waals surface area contributed by atoms with Crippen LogP contribution in [0.25, 0.3) is 0 Å². The largest absolute Gasteiger partial charge is 0.871 e. The fourth-order valence-corrected chi connectivity index (χ4v) is 1.71. The van der Waals surface area contributed by atoms with Crippen molar-refractivity contribution >= 4 is 11.8 Å². The van der Waals surface area contributed by atoms with E-state index in [1.54, 1.807) is 0 Å². The molecular weight excluding hydrogens is 330 g/mol. The summed E-state index contributed by atoms with van der Waals surface area (Å²) in [5.41, 5.74) is -0.946. The standard InChI is InChI=1S/C16H24N2O3.C4H12N/c1-15(2,3)17-13(20)10-8-7-9-11(12(10)19)14(21)18-16(4,5)6;1-5(2,3)4/h7-9,19H,1-6H3,(H,17,20)(H,18,21);1-4H3/q;+1/p-1. The lowest BCUT2D eigenvalue weighted by molar-refractivity contribution is -0.849. The fourth-order valence-electron chi connectivity index (χ4n) is 1.71. The smallest absolute Gasteiger partial charge is 0.251 e. The van der Waals surface area contributed by atoms with Crippen LogP contribution in [0.15, 0.2) is 18.2 Å². The van der Waals surface area contributed by atoms with E-state index in [4.69, 9.17) is 0 Å². The minimum absolute atomic E-state index is 0.0218. The van der Waals surface area contributed by atoms with E-state index in [-0.39, 0.29) is 11.1 Å².